The summed E-state index contributed by atoms with van der Waals surface area (Å²) in [6.45, 7) is 1.69. The second-order valence-corrected chi connectivity index (χ2v) is 10.3. The van der Waals surface area contributed by atoms with Gasteiger partial charge < -0.3 is 10.6 Å². The van der Waals surface area contributed by atoms with Gasteiger partial charge in [0.05, 0.1) is 23.5 Å². The van der Waals surface area contributed by atoms with E-state index < -0.39 is 10.0 Å². The van der Waals surface area contributed by atoms with Gasteiger partial charge in [0.2, 0.25) is 15.9 Å². The summed E-state index contributed by atoms with van der Waals surface area (Å²) in [5.74, 6) is -0.606. The van der Waals surface area contributed by atoms with Crippen molar-refractivity contribution in [3.63, 3.8) is 0 Å². The molecule has 0 bridgehead atoms. The zero-order valence-corrected chi connectivity index (χ0v) is 20.1. The lowest BCUT2D eigenvalue weighted by atomic mass is 10.1. The largest absolute Gasteiger partial charge is 0.324 e. The molecule has 0 atom stereocenters. The highest BCUT2D eigenvalue weighted by atomic mass is 32.2. The van der Waals surface area contributed by atoms with Crippen molar-refractivity contribution in [3.8, 4) is 0 Å². The third kappa shape index (κ3) is 6.75. The Bertz CT molecular complexity index is 1260. The fraction of sp³-hybridized carbons (Fsp3) is 0.231. The lowest BCUT2D eigenvalue weighted by molar-refractivity contribution is -0.117. The second kappa shape index (κ2) is 11.3. The standard InChI is InChI=1S/C26H28N4O4S/c31-25(28-24-14-8-7-13-23(24)26(32)27-22-11-5-2-6-12-22)19-29-15-17-30(18-16-29)35(33,34)20-21-9-3-1-4-10-21/h1-14H,15-20H2,(H,27,32)(H,28,31). The van der Waals surface area contributed by atoms with Crippen LogP contribution in [0.3, 0.4) is 0 Å². The molecule has 0 aromatic heterocycles. The molecule has 182 valence electrons. The first kappa shape index (κ1) is 24.6. The van der Waals surface area contributed by atoms with Crippen LogP contribution in [0.5, 0.6) is 0 Å². The van der Waals surface area contributed by atoms with E-state index in [0.29, 0.717) is 43.1 Å². The third-order valence-electron chi connectivity index (χ3n) is 5.76. The molecule has 9 heteroatoms. The van der Waals surface area contributed by atoms with E-state index >= 15 is 0 Å². The molecule has 1 aliphatic rings. The van der Waals surface area contributed by atoms with Crippen molar-refractivity contribution in [1.82, 2.24) is 9.21 Å². The van der Waals surface area contributed by atoms with Gasteiger partial charge in [-0.2, -0.15) is 4.31 Å². The average Bonchev–Trinajstić information content (AvgIpc) is 2.85. The number of hydrogen-bond donors (Lipinski definition) is 2. The van der Waals surface area contributed by atoms with Gasteiger partial charge in [0.1, 0.15) is 0 Å². The number of hydrogen-bond acceptors (Lipinski definition) is 5. The van der Waals surface area contributed by atoms with Crippen molar-refractivity contribution in [2.45, 2.75) is 5.75 Å². The Morgan fingerprint density at radius 3 is 2.03 bits per heavy atom. The van der Waals surface area contributed by atoms with Gasteiger partial charge >= 0.3 is 0 Å². The van der Waals surface area contributed by atoms with Gasteiger partial charge in [-0.3, -0.25) is 14.5 Å². The zero-order chi connectivity index (χ0) is 24.7. The number of rotatable bonds is 8. The molecule has 0 unspecified atom stereocenters. The minimum Gasteiger partial charge on any atom is -0.324 e. The average molecular weight is 493 g/mol. The summed E-state index contributed by atoms with van der Waals surface area (Å²) in [6.07, 6.45) is 0. The molecule has 1 saturated heterocycles. The van der Waals surface area contributed by atoms with E-state index in [2.05, 4.69) is 10.6 Å². The van der Waals surface area contributed by atoms with E-state index in [4.69, 9.17) is 0 Å². The van der Waals surface area contributed by atoms with Crippen LogP contribution < -0.4 is 10.6 Å². The van der Waals surface area contributed by atoms with Crippen molar-refractivity contribution in [3.05, 3.63) is 96.1 Å². The maximum absolute atomic E-state index is 12.7. The fourth-order valence-corrected chi connectivity index (χ4v) is 5.46. The van der Waals surface area contributed by atoms with Crippen LogP contribution in [-0.4, -0.2) is 62.2 Å². The van der Waals surface area contributed by atoms with Crippen molar-refractivity contribution in [2.75, 3.05) is 43.4 Å². The topological polar surface area (TPSA) is 98.8 Å². The summed E-state index contributed by atoms with van der Waals surface area (Å²) < 4.78 is 27.0. The second-order valence-electron chi connectivity index (χ2n) is 8.33. The highest BCUT2D eigenvalue weighted by molar-refractivity contribution is 7.88. The highest BCUT2D eigenvalue weighted by Gasteiger charge is 2.28. The van der Waals surface area contributed by atoms with Crippen LogP contribution in [0.1, 0.15) is 15.9 Å². The predicted molar refractivity (Wildman–Crippen MR) is 137 cm³/mol. The van der Waals surface area contributed by atoms with Crippen molar-refractivity contribution >= 4 is 33.2 Å². The molecule has 3 aromatic carbocycles. The lowest BCUT2D eigenvalue weighted by Gasteiger charge is -2.33. The van der Waals surface area contributed by atoms with Crippen molar-refractivity contribution in [1.29, 1.82) is 0 Å². The molecule has 2 N–H and O–H groups in total. The first-order valence-electron chi connectivity index (χ1n) is 11.4. The minimum absolute atomic E-state index is 0.0316. The SMILES string of the molecule is O=C(CN1CCN(S(=O)(=O)Cc2ccccc2)CC1)Nc1ccccc1C(=O)Nc1ccccc1. The van der Waals surface area contributed by atoms with Gasteiger partial charge in [0.15, 0.2) is 0 Å². The summed E-state index contributed by atoms with van der Waals surface area (Å²) in [5.41, 5.74) is 2.21. The van der Waals surface area contributed by atoms with Crippen LogP contribution >= 0.6 is 0 Å². The van der Waals surface area contributed by atoms with Crippen molar-refractivity contribution in [2.24, 2.45) is 0 Å². The molecule has 0 aliphatic carbocycles. The van der Waals surface area contributed by atoms with E-state index in [1.54, 1.807) is 48.5 Å². The minimum atomic E-state index is -3.42. The number of carbonyl (C=O) groups excluding carboxylic acids is 2. The number of amides is 2. The molecule has 2 amide bonds. The Balaban J connectivity index is 1.30. The first-order chi connectivity index (χ1) is 16.9. The number of para-hydroxylation sites is 2. The van der Waals surface area contributed by atoms with Crippen LogP contribution in [0, 0.1) is 0 Å². The molecule has 1 heterocycles. The molecule has 0 radical (unpaired) electrons. The molecule has 1 fully saturated rings. The van der Waals surface area contributed by atoms with Gasteiger partial charge in [-0.1, -0.05) is 60.7 Å². The molecule has 35 heavy (non-hydrogen) atoms. The Hall–Kier alpha value is -3.53. The predicted octanol–water partition coefficient (Wildman–Crippen LogP) is 3.03. The quantitative estimate of drug-likeness (QED) is 0.504. The van der Waals surface area contributed by atoms with Gasteiger partial charge in [0, 0.05) is 31.9 Å². The zero-order valence-electron chi connectivity index (χ0n) is 19.3. The van der Waals surface area contributed by atoms with Gasteiger partial charge in [-0.25, -0.2) is 8.42 Å². The maximum atomic E-state index is 12.7. The Labute approximate surface area is 205 Å². The van der Waals surface area contributed by atoms with E-state index in [0.717, 1.165) is 5.56 Å². The number of nitrogens with zero attached hydrogens (tertiary/aromatic N) is 2. The number of piperazine rings is 1. The van der Waals surface area contributed by atoms with Crippen molar-refractivity contribution < 1.29 is 18.0 Å². The number of anilines is 2. The number of sulfonamides is 1. The first-order valence-corrected chi connectivity index (χ1v) is 13.0. The highest BCUT2D eigenvalue weighted by Crippen LogP contribution is 2.18. The fourth-order valence-electron chi connectivity index (χ4n) is 3.94. The summed E-state index contributed by atoms with van der Waals surface area (Å²) in [5, 5.41) is 5.65. The normalized spacial score (nSPS) is 14.9. The van der Waals surface area contributed by atoms with E-state index in [1.165, 1.54) is 4.31 Å². The number of benzene rings is 3. The summed E-state index contributed by atoms with van der Waals surface area (Å²) in [6, 6.07) is 25.0. The number of nitrogens with one attached hydrogen (secondary N) is 2. The van der Waals surface area contributed by atoms with Gasteiger partial charge in [-0.15, -0.1) is 0 Å². The molecule has 8 nitrogen and oxygen atoms in total. The molecular weight excluding hydrogens is 464 g/mol. The molecule has 1 aliphatic heterocycles. The third-order valence-corrected chi connectivity index (χ3v) is 7.61. The van der Waals surface area contributed by atoms with E-state index in [9.17, 15) is 18.0 Å². The Morgan fingerprint density at radius 1 is 0.743 bits per heavy atom. The molecular formula is C26H28N4O4S. The summed E-state index contributed by atoms with van der Waals surface area (Å²) in [4.78, 5) is 27.4. The van der Waals surface area contributed by atoms with Crippen LogP contribution in [0.4, 0.5) is 11.4 Å². The van der Waals surface area contributed by atoms with E-state index in [-0.39, 0.29) is 24.1 Å². The summed E-state index contributed by atoms with van der Waals surface area (Å²) in [7, 11) is -3.42. The smallest absolute Gasteiger partial charge is 0.257 e. The molecule has 4 rings (SSSR count). The molecule has 0 spiro atoms. The summed E-state index contributed by atoms with van der Waals surface area (Å²) >= 11 is 0. The van der Waals surface area contributed by atoms with E-state index in [1.807, 2.05) is 41.3 Å². The van der Waals surface area contributed by atoms with Crippen LogP contribution in [-0.2, 0) is 20.6 Å². The monoisotopic (exact) mass is 492 g/mol. The number of carbonyl (C=O) groups is 2. The molecule has 0 saturated carbocycles. The van der Waals surface area contributed by atoms with Gasteiger partial charge in [0.25, 0.3) is 5.91 Å². The van der Waals surface area contributed by atoms with Crippen LogP contribution in [0.15, 0.2) is 84.9 Å². The Morgan fingerprint density at radius 2 is 1.34 bits per heavy atom. The van der Waals surface area contributed by atoms with Crippen LogP contribution in [0.25, 0.3) is 0 Å². The van der Waals surface area contributed by atoms with Crippen LogP contribution in [0.2, 0.25) is 0 Å². The lowest BCUT2D eigenvalue weighted by Crippen LogP contribution is -2.50. The molecule has 3 aromatic rings. The Kier molecular flexibility index (Phi) is 7.91. The van der Waals surface area contributed by atoms with Gasteiger partial charge in [-0.05, 0) is 29.8 Å². The maximum Gasteiger partial charge on any atom is 0.257 e.